The first-order chi connectivity index (χ1) is 13.3. The molecule has 0 aliphatic carbocycles. The lowest BCUT2D eigenvalue weighted by atomic mass is 10.0. The van der Waals surface area contributed by atoms with Crippen molar-refractivity contribution in [2.45, 2.75) is 33.1 Å². The second-order valence-corrected chi connectivity index (χ2v) is 6.73. The monoisotopic (exact) mass is 408 g/mol. The average molecular weight is 409 g/mol. The van der Waals surface area contributed by atoms with Crippen LogP contribution in [-0.4, -0.2) is 39.8 Å². The molecule has 0 saturated carbocycles. The molecule has 6 nitrogen and oxygen atoms in total. The van der Waals surface area contributed by atoms with E-state index in [0.29, 0.717) is 23.0 Å². The molecule has 2 amide bonds. The number of carbonyl (C=O) groups is 2. The second kappa shape index (κ2) is 12.1. The lowest BCUT2D eigenvalue weighted by molar-refractivity contribution is -0.116. The third-order valence-corrected chi connectivity index (χ3v) is 4.53. The van der Waals surface area contributed by atoms with Gasteiger partial charge in [-0.15, -0.1) is 0 Å². The van der Waals surface area contributed by atoms with E-state index >= 15 is 0 Å². The number of amides is 2. The van der Waals surface area contributed by atoms with Crippen molar-refractivity contribution in [3.8, 4) is 5.75 Å². The Kier molecular flexibility index (Phi) is 10.2. The molecule has 0 heterocycles. The predicted octanol–water partition coefficient (Wildman–Crippen LogP) is 4.51. The summed E-state index contributed by atoms with van der Waals surface area (Å²) >= 11 is 6.35. The molecular formula is C21H29ClN2O4. The number of halogens is 1. The van der Waals surface area contributed by atoms with Crippen LogP contribution < -0.4 is 15.0 Å². The molecule has 0 radical (unpaired) electrons. The van der Waals surface area contributed by atoms with Crippen LogP contribution in [0.1, 0.15) is 32.3 Å². The van der Waals surface area contributed by atoms with Gasteiger partial charge in [0.1, 0.15) is 10.8 Å². The van der Waals surface area contributed by atoms with Gasteiger partial charge in [0, 0.05) is 20.5 Å². The zero-order valence-electron chi connectivity index (χ0n) is 17.2. The predicted molar refractivity (Wildman–Crippen MR) is 113 cm³/mol. The molecule has 0 aromatic heterocycles. The standard InChI is InChI=1S/C21H29ClN2O4/c1-15(10-8-6-7-9-11-23-21(26)28-5)12-17-13-18(24(3)16(2)25)20(22)19(14-17)27-4/h6-7,10,13-14H,8-9,11-12H2,1-5H3,(H,23,26)/b7-6+,15-10+. The Morgan fingerprint density at radius 1 is 1.21 bits per heavy atom. The fourth-order valence-electron chi connectivity index (χ4n) is 2.51. The van der Waals surface area contributed by atoms with Crippen LogP contribution in [0.25, 0.3) is 0 Å². The number of ether oxygens (including phenoxy) is 2. The highest BCUT2D eigenvalue weighted by molar-refractivity contribution is 6.35. The van der Waals surface area contributed by atoms with Crippen molar-refractivity contribution in [2.24, 2.45) is 0 Å². The lowest BCUT2D eigenvalue weighted by Crippen LogP contribution is -2.23. The summed E-state index contributed by atoms with van der Waals surface area (Å²) in [5.41, 5.74) is 2.84. The van der Waals surface area contributed by atoms with Gasteiger partial charge < -0.3 is 19.7 Å². The summed E-state index contributed by atoms with van der Waals surface area (Å²) < 4.78 is 9.86. The minimum absolute atomic E-state index is 0.0970. The molecule has 0 aliphatic rings. The molecule has 1 N–H and O–H groups in total. The third-order valence-electron chi connectivity index (χ3n) is 4.15. The number of anilines is 1. The summed E-state index contributed by atoms with van der Waals surface area (Å²) in [5, 5.41) is 3.05. The molecule has 154 valence electrons. The molecule has 1 aromatic carbocycles. The first kappa shape index (κ1) is 23.6. The minimum atomic E-state index is -0.419. The Balaban J connectivity index is 2.71. The van der Waals surface area contributed by atoms with Crippen LogP contribution in [0.15, 0.2) is 35.9 Å². The molecule has 0 unspecified atom stereocenters. The lowest BCUT2D eigenvalue weighted by Gasteiger charge is -2.20. The summed E-state index contributed by atoms with van der Waals surface area (Å²) in [5.74, 6) is 0.452. The maximum Gasteiger partial charge on any atom is 0.406 e. The minimum Gasteiger partial charge on any atom is -0.495 e. The van der Waals surface area contributed by atoms with Crippen LogP contribution in [0.5, 0.6) is 5.75 Å². The number of hydrogen-bond acceptors (Lipinski definition) is 4. The highest BCUT2D eigenvalue weighted by atomic mass is 35.5. The van der Waals surface area contributed by atoms with Crippen molar-refractivity contribution in [1.29, 1.82) is 0 Å². The van der Waals surface area contributed by atoms with Gasteiger partial charge in [-0.1, -0.05) is 35.4 Å². The number of allylic oxidation sites excluding steroid dienone is 3. The van der Waals surface area contributed by atoms with E-state index in [1.807, 2.05) is 18.2 Å². The topological polar surface area (TPSA) is 67.9 Å². The number of rotatable bonds is 9. The van der Waals surface area contributed by atoms with E-state index in [0.717, 1.165) is 24.8 Å². The van der Waals surface area contributed by atoms with Crippen LogP contribution in [0, 0.1) is 0 Å². The highest BCUT2D eigenvalue weighted by Crippen LogP contribution is 2.36. The van der Waals surface area contributed by atoms with Gasteiger partial charge in [0.05, 0.1) is 19.9 Å². The van der Waals surface area contributed by atoms with Crippen LogP contribution in [0.2, 0.25) is 5.02 Å². The first-order valence-corrected chi connectivity index (χ1v) is 9.41. The van der Waals surface area contributed by atoms with Gasteiger partial charge in [0.25, 0.3) is 0 Å². The van der Waals surface area contributed by atoms with Gasteiger partial charge in [0.15, 0.2) is 0 Å². The van der Waals surface area contributed by atoms with Gasteiger partial charge in [-0.05, 0) is 43.9 Å². The summed E-state index contributed by atoms with van der Waals surface area (Å²) in [6.45, 7) is 4.10. The maximum atomic E-state index is 11.7. The van der Waals surface area contributed by atoms with E-state index < -0.39 is 6.09 Å². The fraction of sp³-hybridized carbons (Fsp3) is 0.429. The number of benzene rings is 1. The smallest absolute Gasteiger partial charge is 0.406 e. The highest BCUT2D eigenvalue weighted by Gasteiger charge is 2.15. The van der Waals surface area contributed by atoms with Gasteiger partial charge in [-0.25, -0.2) is 4.79 Å². The Morgan fingerprint density at radius 3 is 2.54 bits per heavy atom. The molecular weight excluding hydrogens is 380 g/mol. The van der Waals surface area contributed by atoms with Crippen molar-refractivity contribution in [3.05, 3.63) is 46.5 Å². The molecule has 0 saturated heterocycles. The zero-order valence-corrected chi connectivity index (χ0v) is 17.9. The fourth-order valence-corrected chi connectivity index (χ4v) is 2.82. The zero-order chi connectivity index (χ0) is 21.1. The summed E-state index contributed by atoms with van der Waals surface area (Å²) in [7, 11) is 4.59. The van der Waals surface area contributed by atoms with Crippen molar-refractivity contribution in [3.63, 3.8) is 0 Å². The van der Waals surface area contributed by atoms with Crippen molar-refractivity contribution >= 4 is 29.3 Å². The number of hydrogen-bond donors (Lipinski definition) is 1. The molecule has 0 spiro atoms. The summed E-state index contributed by atoms with van der Waals surface area (Å²) in [6, 6.07) is 3.81. The molecule has 1 rings (SSSR count). The second-order valence-electron chi connectivity index (χ2n) is 6.35. The van der Waals surface area contributed by atoms with E-state index in [9.17, 15) is 9.59 Å². The van der Waals surface area contributed by atoms with Gasteiger partial charge in [-0.3, -0.25) is 4.79 Å². The average Bonchev–Trinajstić information content (AvgIpc) is 2.67. The van der Waals surface area contributed by atoms with Gasteiger partial charge in [-0.2, -0.15) is 0 Å². The van der Waals surface area contributed by atoms with Crippen molar-refractivity contribution in [1.82, 2.24) is 5.32 Å². The largest absolute Gasteiger partial charge is 0.495 e. The number of methoxy groups -OCH3 is 2. The SMILES string of the molecule is COC(=O)NCC/C=C/C/C=C(\C)Cc1cc(OC)c(Cl)c(N(C)C(C)=O)c1. The number of nitrogens with one attached hydrogen (secondary N) is 1. The van der Waals surface area contributed by atoms with Crippen molar-refractivity contribution in [2.75, 3.05) is 32.7 Å². The van der Waals surface area contributed by atoms with E-state index in [4.69, 9.17) is 16.3 Å². The van der Waals surface area contributed by atoms with Crippen LogP contribution >= 0.6 is 11.6 Å². The Labute approximate surface area is 172 Å². The maximum absolute atomic E-state index is 11.7. The summed E-state index contributed by atoms with van der Waals surface area (Å²) in [6.07, 6.45) is 8.07. The normalized spacial score (nSPS) is 11.4. The Morgan fingerprint density at radius 2 is 1.93 bits per heavy atom. The van der Waals surface area contributed by atoms with Gasteiger partial charge in [0.2, 0.25) is 5.91 Å². The molecule has 0 aliphatic heterocycles. The van der Waals surface area contributed by atoms with E-state index in [-0.39, 0.29) is 5.91 Å². The quantitative estimate of drug-likeness (QED) is 0.482. The van der Waals surface area contributed by atoms with E-state index in [1.165, 1.54) is 24.5 Å². The molecule has 7 heteroatoms. The van der Waals surface area contributed by atoms with Crippen LogP contribution in [0.3, 0.4) is 0 Å². The molecule has 0 fully saturated rings. The molecule has 0 atom stereocenters. The Bertz CT molecular complexity index is 744. The molecule has 0 bridgehead atoms. The van der Waals surface area contributed by atoms with Gasteiger partial charge >= 0.3 is 6.09 Å². The van der Waals surface area contributed by atoms with Crippen LogP contribution in [0.4, 0.5) is 10.5 Å². The molecule has 28 heavy (non-hydrogen) atoms. The third kappa shape index (κ3) is 7.64. The number of alkyl carbamates (subject to hydrolysis) is 1. The van der Waals surface area contributed by atoms with Crippen molar-refractivity contribution < 1.29 is 19.1 Å². The molecule has 1 aromatic rings. The van der Waals surface area contributed by atoms with E-state index in [1.54, 1.807) is 14.2 Å². The number of carbonyl (C=O) groups excluding carboxylic acids is 2. The number of nitrogens with zero attached hydrogens (tertiary/aromatic N) is 1. The Hall–Kier alpha value is -2.47. The first-order valence-electron chi connectivity index (χ1n) is 9.03. The van der Waals surface area contributed by atoms with Crippen LogP contribution in [-0.2, 0) is 16.0 Å². The summed E-state index contributed by atoms with van der Waals surface area (Å²) in [4.78, 5) is 24.2. The van der Waals surface area contributed by atoms with E-state index in [2.05, 4.69) is 29.1 Å².